The van der Waals surface area contributed by atoms with Crippen molar-refractivity contribution in [3.8, 4) is 5.75 Å². The molecule has 2 heterocycles. The topological polar surface area (TPSA) is 41.5 Å². The van der Waals surface area contributed by atoms with E-state index in [0.29, 0.717) is 13.1 Å². The van der Waals surface area contributed by atoms with Gasteiger partial charge in [-0.3, -0.25) is 0 Å². The molecular weight excluding hydrogens is 190 g/mol. The highest BCUT2D eigenvalue weighted by molar-refractivity contribution is 5.47. The third kappa shape index (κ3) is 1.34. The molecule has 2 N–H and O–H groups in total. The van der Waals surface area contributed by atoms with Crippen molar-refractivity contribution in [3.05, 3.63) is 29.3 Å². The summed E-state index contributed by atoms with van der Waals surface area (Å²) in [6.45, 7) is 2.03. The number of benzene rings is 1. The van der Waals surface area contributed by atoms with Crippen molar-refractivity contribution in [3.63, 3.8) is 0 Å². The van der Waals surface area contributed by atoms with Gasteiger partial charge < -0.3 is 15.2 Å². The fourth-order valence-corrected chi connectivity index (χ4v) is 2.31. The number of para-hydroxylation sites is 1. The summed E-state index contributed by atoms with van der Waals surface area (Å²) in [5.41, 5.74) is 1.49. The van der Waals surface area contributed by atoms with Gasteiger partial charge in [-0.15, -0.1) is 0 Å². The minimum Gasteiger partial charge on any atom is -0.493 e. The van der Waals surface area contributed by atoms with Crippen LogP contribution in [0.15, 0.2) is 18.2 Å². The molecule has 3 rings (SSSR count). The second-order valence-corrected chi connectivity index (χ2v) is 4.38. The van der Waals surface area contributed by atoms with Gasteiger partial charge >= 0.3 is 0 Å². The number of aliphatic hydroxyl groups is 1. The van der Waals surface area contributed by atoms with Crippen LogP contribution in [0.1, 0.15) is 17.5 Å². The molecule has 80 valence electrons. The van der Waals surface area contributed by atoms with Gasteiger partial charge in [0.05, 0.1) is 6.61 Å². The standard InChI is InChI=1S/C12H15NO2/c14-12(7-13-8-12)10-5-1-3-9-4-2-6-15-11(9)10/h1,3,5,13-14H,2,4,6-8H2. The van der Waals surface area contributed by atoms with E-state index in [1.807, 2.05) is 12.1 Å². The molecule has 1 fully saturated rings. The number of hydrogen-bond donors (Lipinski definition) is 2. The Kier molecular flexibility index (Phi) is 1.97. The predicted octanol–water partition coefficient (Wildman–Crippen LogP) is 0.802. The van der Waals surface area contributed by atoms with Crippen LogP contribution in [0, 0.1) is 0 Å². The summed E-state index contributed by atoms with van der Waals surface area (Å²) >= 11 is 0. The maximum absolute atomic E-state index is 10.3. The van der Waals surface area contributed by atoms with Crippen LogP contribution in [0.2, 0.25) is 0 Å². The van der Waals surface area contributed by atoms with E-state index in [9.17, 15) is 5.11 Å². The average Bonchev–Trinajstić information content (AvgIpc) is 2.25. The van der Waals surface area contributed by atoms with Crippen molar-refractivity contribution >= 4 is 0 Å². The summed E-state index contributed by atoms with van der Waals surface area (Å²) in [7, 11) is 0. The molecule has 1 aromatic rings. The van der Waals surface area contributed by atoms with Gasteiger partial charge in [0.25, 0.3) is 0 Å². The maximum Gasteiger partial charge on any atom is 0.128 e. The molecule has 0 aromatic heterocycles. The number of ether oxygens (including phenoxy) is 1. The highest BCUT2D eigenvalue weighted by Gasteiger charge is 2.39. The minimum absolute atomic E-state index is 0.632. The molecule has 0 radical (unpaired) electrons. The third-order valence-electron chi connectivity index (χ3n) is 3.27. The van der Waals surface area contributed by atoms with Crippen molar-refractivity contribution in [2.75, 3.05) is 19.7 Å². The number of fused-ring (bicyclic) bond motifs is 1. The third-order valence-corrected chi connectivity index (χ3v) is 3.27. The van der Waals surface area contributed by atoms with E-state index in [1.54, 1.807) is 0 Å². The molecule has 0 unspecified atom stereocenters. The Balaban J connectivity index is 2.07. The molecule has 1 saturated heterocycles. The van der Waals surface area contributed by atoms with Crippen LogP contribution in [0.5, 0.6) is 5.75 Å². The van der Waals surface area contributed by atoms with Crippen molar-refractivity contribution in [2.24, 2.45) is 0 Å². The fourth-order valence-electron chi connectivity index (χ4n) is 2.31. The molecule has 1 aromatic carbocycles. The highest BCUT2D eigenvalue weighted by Crippen LogP contribution is 2.37. The maximum atomic E-state index is 10.3. The molecule has 0 amide bonds. The van der Waals surface area contributed by atoms with Gasteiger partial charge in [0.1, 0.15) is 11.4 Å². The monoisotopic (exact) mass is 205 g/mol. The zero-order valence-electron chi connectivity index (χ0n) is 8.62. The molecular formula is C12H15NO2. The minimum atomic E-state index is -0.706. The number of nitrogens with one attached hydrogen (secondary N) is 1. The van der Waals surface area contributed by atoms with Gasteiger partial charge in [-0.25, -0.2) is 0 Å². The summed E-state index contributed by atoms with van der Waals surface area (Å²) < 4.78 is 5.69. The summed E-state index contributed by atoms with van der Waals surface area (Å²) in [6, 6.07) is 6.08. The Bertz CT molecular complexity index is 385. The van der Waals surface area contributed by atoms with Crippen molar-refractivity contribution in [1.82, 2.24) is 5.32 Å². The van der Waals surface area contributed by atoms with Crippen LogP contribution in [0.25, 0.3) is 0 Å². The Morgan fingerprint density at radius 2 is 2.20 bits per heavy atom. The van der Waals surface area contributed by atoms with Crippen LogP contribution in [-0.4, -0.2) is 24.8 Å². The van der Waals surface area contributed by atoms with Crippen LogP contribution in [0.3, 0.4) is 0 Å². The van der Waals surface area contributed by atoms with Crippen molar-refractivity contribution in [2.45, 2.75) is 18.4 Å². The van der Waals surface area contributed by atoms with Gasteiger partial charge in [-0.2, -0.15) is 0 Å². The lowest BCUT2D eigenvalue weighted by molar-refractivity contribution is -0.0173. The molecule has 0 atom stereocenters. The number of β-amino-alcohol motifs (C(OH)–C–C–N with tert-alkyl or cyclic N) is 1. The first-order chi connectivity index (χ1) is 7.30. The Labute approximate surface area is 89.1 Å². The van der Waals surface area contributed by atoms with Gasteiger partial charge in [-0.1, -0.05) is 18.2 Å². The summed E-state index contributed by atoms with van der Waals surface area (Å²) in [5, 5.41) is 13.4. The quantitative estimate of drug-likeness (QED) is 0.712. The normalized spacial score (nSPS) is 22.5. The first-order valence-corrected chi connectivity index (χ1v) is 5.48. The average molecular weight is 205 g/mol. The summed E-state index contributed by atoms with van der Waals surface area (Å²) in [4.78, 5) is 0. The zero-order chi connectivity index (χ0) is 10.3. The van der Waals surface area contributed by atoms with E-state index in [0.717, 1.165) is 30.8 Å². The van der Waals surface area contributed by atoms with E-state index in [4.69, 9.17) is 4.74 Å². The SMILES string of the molecule is OC1(c2cccc3c2OCCC3)CNC1. The second-order valence-electron chi connectivity index (χ2n) is 4.38. The van der Waals surface area contributed by atoms with Crippen LogP contribution in [-0.2, 0) is 12.0 Å². The summed E-state index contributed by atoms with van der Waals surface area (Å²) in [6.07, 6.45) is 2.14. The first-order valence-electron chi connectivity index (χ1n) is 5.48. The smallest absolute Gasteiger partial charge is 0.128 e. The van der Waals surface area contributed by atoms with E-state index >= 15 is 0 Å². The van der Waals surface area contributed by atoms with E-state index in [-0.39, 0.29) is 0 Å². The van der Waals surface area contributed by atoms with E-state index in [1.165, 1.54) is 5.56 Å². The molecule has 3 nitrogen and oxygen atoms in total. The van der Waals surface area contributed by atoms with Crippen molar-refractivity contribution in [1.29, 1.82) is 0 Å². The van der Waals surface area contributed by atoms with Crippen LogP contribution >= 0.6 is 0 Å². The molecule has 0 saturated carbocycles. The fraction of sp³-hybridized carbons (Fsp3) is 0.500. The lowest BCUT2D eigenvalue weighted by Crippen LogP contribution is -2.57. The van der Waals surface area contributed by atoms with Gasteiger partial charge in [0.15, 0.2) is 0 Å². The van der Waals surface area contributed by atoms with Crippen LogP contribution in [0.4, 0.5) is 0 Å². The molecule has 0 aliphatic carbocycles. The van der Waals surface area contributed by atoms with E-state index in [2.05, 4.69) is 11.4 Å². The summed E-state index contributed by atoms with van der Waals surface area (Å²) in [5.74, 6) is 0.924. The number of aryl methyl sites for hydroxylation is 1. The predicted molar refractivity (Wildman–Crippen MR) is 57.0 cm³/mol. The first kappa shape index (κ1) is 9.19. The highest BCUT2D eigenvalue weighted by atomic mass is 16.5. The molecule has 0 spiro atoms. The second kappa shape index (κ2) is 3.22. The molecule has 3 heteroatoms. The molecule has 0 bridgehead atoms. The largest absolute Gasteiger partial charge is 0.493 e. The zero-order valence-corrected chi connectivity index (χ0v) is 8.62. The lowest BCUT2D eigenvalue weighted by Gasteiger charge is -2.39. The molecule has 2 aliphatic rings. The van der Waals surface area contributed by atoms with Gasteiger partial charge in [0, 0.05) is 18.7 Å². The Morgan fingerprint density at radius 1 is 1.33 bits per heavy atom. The van der Waals surface area contributed by atoms with Gasteiger partial charge in [0.2, 0.25) is 0 Å². The van der Waals surface area contributed by atoms with E-state index < -0.39 is 5.60 Å². The molecule has 2 aliphatic heterocycles. The molecule has 15 heavy (non-hydrogen) atoms. The Morgan fingerprint density at radius 3 is 2.93 bits per heavy atom. The Hall–Kier alpha value is -1.06. The number of rotatable bonds is 1. The number of hydrogen-bond acceptors (Lipinski definition) is 3. The lowest BCUT2D eigenvalue weighted by atomic mass is 9.85. The van der Waals surface area contributed by atoms with Gasteiger partial charge in [-0.05, 0) is 18.4 Å². The van der Waals surface area contributed by atoms with Crippen LogP contribution < -0.4 is 10.1 Å². The van der Waals surface area contributed by atoms with Crippen molar-refractivity contribution < 1.29 is 9.84 Å².